The lowest BCUT2D eigenvalue weighted by atomic mass is 10.0. The second-order valence-corrected chi connectivity index (χ2v) is 7.56. The summed E-state index contributed by atoms with van der Waals surface area (Å²) in [5.74, 6) is 0.891. The average Bonchev–Trinajstić information content (AvgIpc) is 2.76. The molecule has 0 aromatic heterocycles. The Bertz CT molecular complexity index is 923. The highest BCUT2D eigenvalue weighted by Crippen LogP contribution is 2.19. The molecule has 1 amide bonds. The quantitative estimate of drug-likeness (QED) is 0.530. The Hall–Kier alpha value is -3.11. The lowest BCUT2D eigenvalue weighted by Gasteiger charge is -2.17. The molecule has 3 aromatic rings. The maximum absolute atomic E-state index is 12.6. The van der Waals surface area contributed by atoms with Crippen LogP contribution in [0.2, 0.25) is 0 Å². The smallest absolute Gasteiger partial charge is 0.238 e. The van der Waals surface area contributed by atoms with Crippen LogP contribution in [-0.2, 0) is 17.6 Å². The number of benzene rings is 3. The number of hydrogen-bond donors (Lipinski definition) is 1. The third-order valence-electron chi connectivity index (χ3n) is 5.11. The Labute approximate surface area is 179 Å². The van der Waals surface area contributed by atoms with Crippen LogP contribution >= 0.6 is 0 Å². The van der Waals surface area contributed by atoms with E-state index in [4.69, 9.17) is 4.74 Å². The first-order chi connectivity index (χ1) is 14.6. The molecule has 156 valence electrons. The Morgan fingerprint density at radius 3 is 2.33 bits per heavy atom. The van der Waals surface area contributed by atoms with Gasteiger partial charge in [-0.15, -0.1) is 0 Å². The molecule has 4 nitrogen and oxygen atoms in total. The average molecular weight is 403 g/mol. The molecule has 0 spiro atoms. The fourth-order valence-electron chi connectivity index (χ4n) is 3.47. The number of nitrogens with zero attached hydrogens (tertiary/aromatic N) is 1. The minimum atomic E-state index is 0.0162. The van der Waals surface area contributed by atoms with Gasteiger partial charge in [0.05, 0.1) is 13.7 Å². The van der Waals surface area contributed by atoms with Gasteiger partial charge in [-0.3, -0.25) is 9.69 Å². The molecule has 0 aliphatic heterocycles. The number of ether oxygens (including phenoxy) is 1. The number of aryl methyl sites for hydroxylation is 1. The standard InChI is InChI=1S/C26H30N2O2/c1-28(18-8-11-21-14-16-24(30-2)17-15-21)20-26(29)27-25-13-7-6-12-23(25)19-22-9-4-3-5-10-22/h3-7,9-10,12-17H,8,11,18-20H2,1-2H3,(H,27,29). The number of hydrogen-bond acceptors (Lipinski definition) is 3. The predicted molar refractivity (Wildman–Crippen MR) is 123 cm³/mol. The monoisotopic (exact) mass is 402 g/mol. The largest absolute Gasteiger partial charge is 0.497 e. The molecule has 0 radical (unpaired) electrons. The number of methoxy groups -OCH3 is 1. The maximum Gasteiger partial charge on any atom is 0.238 e. The summed E-state index contributed by atoms with van der Waals surface area (Å²) >= 11 is 0. The van der Waals surface area contributed by atoms with Crippen LogP contribution < -0.4 is 10.1 Å². The first kappa shape index (κ1) is 21.6. The van der Waals surface area contributed by atoms with E-state index in [0.29, 0.717) is 6.54 Å². The second-order valence-electron chi connectivity index (χ2n) is 7.56. The van der Waals surface area contributed by atoms with Gasteiger partial charge in [-0.1, -0.05) is 60.7 Å². The van der Waals surface area contributed by atoms with Crippen molar-refractivity contribution in [3.05, 3.63) is 95.6 Å². The van der Waals surface area contributed by atoms with Crippen molar-refractivity contribution in [2.45, 2.75) is 19.3 Å². The molecule has 3 rings (SSSR count). The highest BCUT2D eigenvalue weighted by molar-refractivity contribution is 5.93. The molecule has 3 aromatic carbocycles. The van der Waals surface area contributed by atoms with Gasteiger partial charge in [0.25, 0.3) is 0 Å². The van der Waals surface area contributed by atoms with Crippen molar-refractivity contribution in [1.82, 2.24) is 4.90 Å². The number of nitrogens with one attached hydrogen (secondary N) is 1. The molecule has 0 unspecified atom stereocenters. The predicted octanol–water partition coefficient (Wildman–Crippen LogP) is 4.79. The van der Waals surface area contributed by atoms with Crippen LogP contribution in [0.25, 0.3) is 0 Å². The van der Waals surface area contributed by atoms with Gasteiger partial charge in [0.2, 0.25) is 5.91 Å². The number of carbonyl (C=O) groups excluding carboxylic acids is 1. The van der Waals surface area contributed by atoms with Crippen LogP contribution in [0.15, 0.2) is 78.9 Å². The zero-order valence-corrected chi connectivity index (χ0v) is 17.8. The number of para-hydroxylation sites is 1. The summed E-state index contributed by atoms with van der Waals surface area (Å²) in [6.07, 6.45) is 2.78. The molecule has 0 saturated carbocycles. The molecule has 0 aliphatic carbocycles. The van der Waals surface area contributed by atoms with E-state index in [2.05, 4.69) is 40.5 Å². The van der Waals surface area contributed by atoms with Gasteiger partial charge in [-0.05, 0) is 67.7 Å². The lowest BCUT2D eigenvalue weighted by molar-refractivity contribution is -0.117. The highest BCUT2D eigenvalue weighted by atomic mass is 16.5. The van der Waals surface area contributed by atoms with Gasteiger partial charge in [-0.25, -0.2) is 0 Å². The number of amides is 1. The number of anilines is 1. The van der Waals surface area contributed by atoms with Crippen LogP contribution in [0.3, 0.4) is 0 Å². The molecular weight excluding hydrogens is 372 g/mol. The molecule has 0 aliphatic rings. The van der Waals surface area contributed by atoms with E-state index in [-0.39, 0.29) is 5.91 Å². The van der Waals surface area contributed by atoms with Crippen LogP contribution in [0.4, 0.5) is 5.69 Å². The third-order valence-corrected chi connectivity index (χ3v) is 5.11. The Kier molecular flexibility index (Phi) is 8.04. The van der Waals surface area contributed by atoms with Gasteiger partial charge in [-0.2, -0.15) is 0 Å². The van der Waals surface area contributed by atoms with E-state index in [1.54, 1.807) is 7.11 Å². The summed E-state index contributed by atoms with van der Waals surface area (Å²) in [5, 5.41) is 3.09. The molecule has 4 heteroatoms. The summed E-state index contributed by atoms with van der Waals surface area (Å²) < 4.78 is 5.19. The minimum Gasteiger partial charge on any atom is -0.497 e. The van der Waals surface area contributed by atoms with Crippen molar-refractivity contribution in [3.8, 4) is 5.75 Å². The normalized spacial score (nSPS) is 10.8. The number of rotatable bonds is 10. The van der Waals surface area contributed by atoms with E-state index in [9.17, 15) is 4.79 Å². The van der Waals surface area contributed by atoms with E-state index >= 15 is 0 Å². The summed E-state index contributed by atoms with van der Waals surface area (Å²) in [7, 11) is 3.67. The lowest BCUT2D eigenvalue weighted by Crippen LogP contribution is -2.31. The molecule has 0 bridgehead atoms. The van der Waals surface area contributed by atoms with E-state index < -0.39 is 0 Å². The fourth-order valence-corrected chi connectivity index (χ4v) is 3.47. The van der Waals surface area contributed by atoms with Crippen molar-refractivity contribution in [3.63, 3.8) is 0 Å². The topological polar surface area (TPSA) is 41.6 Å². The zero-order valence-electron chi connectivity index (χ0n) is 17.8. The fraction of sp³-hybridized carbons (Fsp3) is 0.269. The van der Waals surface area contributed by atoms with Crippen molar-refractivity contribution in [1.29, 1.82) is 0 Å². The van der Waals surface area contributed by atoms with Crippen LogP contribution in [-0.4, -0.2) is 38.1 Å². The molecule has 0 atom stereocenters. The van der Waals surface area contributed by atoms with Gasteiger partial charge >= 0.3 is 0 Å². The third kappa shape index (κ3) is 6.75. The molecule has 1 N–H and O–H groups in total. The van der Waals surface area contributed by atoms with Crippen LogP contribution in [0.5, 0.6) is 5.75 Å². The van der Waals surface area contributed by atoms with Crippen molar-refractivity contribution in [2.24, 2.45) is 0 Å². The molecule has 0 saturated heterocycles. The summed E-state index contributed by atoms with van der Waals surface area (Å²) in [6, 6.07) is 26.5. The Balaban J connectivity index is 1.46. The van der Waals surface area contributed by atoms with Crippen molar-refractivity contribution < 1.29 is 9.53 Å². The van der Waals surface area contributed by atoms with Gasteiger partial charge < -0.3 is 10.1 Å². The minimum absolute atomic E-state index is 0.0162. The summed E-state index contributed by atoms with van der Waals surface area (Å²) in [5.41, 5.74) is 4.52. The Morgan fingerprint density at radius 2 is 1.60 bits per heavy atom. The second kappa shape index (κ2) is 11.2. The molecule has 0 fully saturated rings. The SMILES string of the molecule is COc1ccc(CCCN(C)CC(=O)Nc2ccccc2Cc2ccccc2)cc1. The highest BCUT2D eigenvalue weighted by Gasteiger charge is 2.10. The van der Waals surface area contributed by atoms with E-state index in [0.717, 1.165) is 42.8 Å². The van der Waals surface area contributed by atoms with Crippen LogP contribution in [0.1, 0.15) is 23.1 Å². The van der Waals surface area contributed by atoms with Crippen molar-refractivity contribution >= 4 is 11.6 Å². The molecular formula is C26H30N2O2. The Morgan fingerprint density at radius 1 is 0.900 bits per heavy atom. The first-order valence-electron chi connectivity index (χ1n) is 10.4. The van der Waals surface area contributed by atoms with Crippen molar-refractivity contribution in [2.75, 3.05) is 32.6 Å². The zero-order chi connectivity index (χ0) is 21.2. The summed E-state index contributed by atoms with van der Waals surface area (Å²) in [6.45, 7) is 1.24. The number of likely N-dealkylation sites (N-methyl/N-ethyl adjacent to an activating group) is 1. The maximum atomic E-state index is 12.6. The van der Waals surface area contributed by atoms with Gasteiger partial charge in [0, 0.05) is 5.69 Å². The molecule has 30 heavy (non-hydrogen) atoms. The van der Waals surface area contributed by atoms with E-state index in [1.807, 2.05) is 55.6 Å². The molecule has 0 heterocycles. The van der Waals surface area contributed by atoms with Crippen LogP contribution in [0, 0.1) is 0 Å². The van der Waals surface area contributed by atoms with E-state index in [1.165, 1.54) is 11.1 Å². The summed E-state index contributed by atoms with van der Waals surface area (Å²) in [4.78, 5) is 14.6. The van der Waals surface area contributed by atoms with Gasteiger partial charge in [0.1, 0.15) is 5.75 Å². The first-order valence-corrected chi connectivity index (χ1v) is 10.4. The van der Waals surface area contributed by atoms with Gasteiger partial charge in [0.15, 0.2) is 0 Å². The number of carbonyl (C=O) groups is 1.